The second-order valence-corrected chi connectivity index (χ2v) is 3.73. The van der Waals surface area contributed by atoms with Crippen LogP contribution in [0.4, 0.5) is 0 Å². The Morgan fingerprint density at radius 2 is 1.53 bits per heavy atom. The third-order valence-electron chi connectivity index (χ3n) is 1.04. The minimum atomic E-state index is -4.00. The average Bonchev–Trinajstić information content (AvgIpc) is 2.03. The maximum Gasteiger partial charge on any atom is 0.300 e. The Morgan fingerprint density at radius 1 is 1.20 bits per heavy atom. The number of benzene rings is 1. The van der Waals surface area contributed by atoms with Gasteiger partial charge >= 0.3 is 0 Å². The summed E-state index contributed by atoms with van der Waals surface area (Å²) >= 11 is 0. The Balaban J connectivity index is 0. The minimum absolute atomic E-state index is 0. The van der Waals surface area contributed by atoms with Crippen molar-refractivity contribution in [3.05, 3.63) is 30.3 Å². The van der Waals surface area contributed by atoms with Crippen LogP contribution >= 0.6 is 0 Å². The lowest BCUT2D eigenvalue weighted by molar-refractivity contribution is -0.134. The highest BCUT2D eigenvalue weighted by Crippen LogP contribution is 2.05. The molecule has 1 rings (SSSR count). The summed E-state index contributed by atoms with van der Waals surface area (Å²) in [7, 11) is -4.00. The van der Waals surface area contributed by atoms with E-state index in [1.54, 1.807) is 18.2 Å². The van der Waals surface area contributed by atoms with Gasteiger partial charge in [0.15, 0.2) is 0 Å². The van der Waals surface area contributed by atoms with Crippen LogP contribution in [0, 0.1) is 0 Å². The molecule has 0 saturated carbocycles. The fourth-order valence-electron chi connectivity index (χ4n) is 0.592. The van der Waals surface area contributed by atoms with E-state index in [-0.39, 0.29) is 10.4 Å². The van der Waals surface area contributed by atoms with Crippen molar-refractivity contribution >= 4 is 16.1 Å². The second kappa shape index (κ2) is 6.93. The van der Waals surface area contributed by atoms with E-state index in [1.165, 1.54) is 12.1 Å². The SMILES string of the molecule is CC(=O)O.O.O=S(=O)(O)c1ccccc1. The molecule has 7 heteroatoms. The second-order valence-electron chi connectivity index (χ2n) is 2.31. The molecular formula is C8H12O6S. The summed E-state index contributed by atoms with van der Waals surface area (Å²) in [5.41, 5.74) is 0. The Hall–Kier alpha value is -1.44. The quantitative estimate of drug-likeness (QED) is 0.674. The molecule has 0 bridgehead atoms. The molecular weight excluding hydrogens is 224 g/mol. The van der Waals surface area contributed by atoms with Crippen molar-refractivity contribution in [2.75, 3.05) is 0 Å². The molecule has 4 N–H and O–H groups in total. The number of hydrogen-bond donors (Lipinski definition) is 2. The molecule has 1 aromatic carbocycles. The molecule has 0 unspecified atom stereocenters. The first kappa shape index (κ1) is 16.0. The van der Waals surface area contributed by atoms with Gasteiger partial charge in [0.05, 0.1) is 4.90 Å². The first-order valence-corrected chi connectivity index (χ1v) is 5.00. The van der Waals surface area contributed by atoms with Crippen molar-refractivity contribution in [2.45, 2.75) is 11.8 Å². The summed E-state index contributed by atoms with van der Waals surface area (Å²) in [5.74, 6) is -0.833. The average molecular weight is 236 g/mol. The molecule has 0 heterocycles. The molecule has 0 atom stereocenters. The largest absolute Gasteiger partial charge is 0.481 e. The molecule has 0 spiro atoms. The van der Waals surface area contributed by atoms with E-state index in [0.717, 1.165) is 6.92 Å². The van der Waals surface area contributed by atoms with Crippen LogP contribution in [0.5, 0.6) is 0 Å². The van der Waals surface area contributed by atoms with Gasteiger partial charge in [0.2, 0.25) is 0 Å². The number of rotatable bonds is 1. The lowest BCUT2D eigenvalue weighted by Crippen LogP contribution is -1.96. The molecule has 0 aliphatic heterocycles. The first-order valence-electron chi connectivity index (χ1n) is 3.56. The predicted octanol–water partition coefficient (Wildman–Crippen LogP) is 0.199. The highest BCUT2D eigenvalue weighted by atomic mass is 32.2. The zero-order valence-corrected chi connectivity index (χ0v) is 8.73. The molecule has 0 aromatic heterocycles. The molecule has 0 fully saturated rings. The van der Waals surface area contributed by atoms with Crippen molar-refractivity contribution in [1.29, 1.82) is 0 Å². The highest BCUT2D eigenvalue weighted by molar-refractivity contribution is 7.85. The monoisotopic (exact) mass is 236 g/mol. The predicted molar refractivity (Wildman–Crippen MR) is 53.2 cm³/mol. The van der Waals surface area contributed by atoms with Crippen molar-refractivity contribution in [3.63, 3.8) is 0 Å². The summed E-state index contributed by atoms with van der Waals surface area (Å²) < 4.78 is 29.2. The first-order chi connectivity index (χ1) is 6.34. The number of carbonyl (C=O) groups is 1. The maximum atomic E-state index is 10.4. The Labute approximate surface area is 87.2 Å². The Bertz CT molecular complexity index is 379. The molecule has 15 heavy (non-hydrogen) atoms. The topological polar surface area (TPSA) is 123 Å². The number of aliphatic carboxylic acids is 1. The van der Waals surface area contributed by atoms with Gasteiger partial charge in [-0.15, -0.1) is 0 Å². The van der Waals surface area contributed by atoms with E-state index in [9.17, 15) is 8.42 Å². The lowest BCUT2D eigenvalue weighted by Gasteiger charge is -1.92. The molecule has 6 nitrogen and oxygen atoms in total. The maximum absolute atomic E-state index is 10.4. The summed E-state index contributed by atoms with van der Waals surface area (Å²) in [6.07, 6.45) is 0. The van der Waals surface area contributed by atoms with Crippen LogP contribution in [0.15, 0.2) is 35.2 Å². The van der Waals surface area contributed by atoms with Crippen molar-refractivity contribution in [2.24, 2.45) is 0 Å². The molecule has 0 aliphatic rings. The van der Waals surface area contributed by atoms with Crippen LogP contribution in [0.3, 0.4) is 0 Å². The van der Waals surface area contributed by atoms with Crippen molar-refractivity contribution < 1.29 is 28.3 Å². The van der Waals surface area contributed by atoms with E-state index in [2.05, 4.69) is 0 Å². The van der Waals surface area contributed by atoms with Crippen LogP contribution in [-0.2, 0) is 14.9 Å². The van der Waals surface area contributed by atoms with E-state index in [4.69, 9.17) is 14.5 Å². The smallest absolute Gasteiger partial charge is 0.300 e. The highest BCUT2D eigenvalue weighted by Gasteiger charge is 2.05. The molecule has 0 amide bonds. The molecule has 1 aromatic rings. The summed E-state index contributed by atoms with van der Waals surface area (Å²) in [6.45, 7) is 1.08. The van der Waals surface area contributed by atoms with Gasteiger partial charge in [-0.2, -0.15) is 8.42 Å². The molecule has 0 radical (unpaired) electrons. The van der Waals surface area contributed by atoms with E-state index >= 15 is 0 Å². The van der Waals surface area contributed by atoms with E-state index < -0.39 is 16.1 Å². The van der Waals surface area contributed by atoms with Gasteiger partial charge in [0.25, 0.3) is 16.1 Å². The van der Waals surface area contributed by atoms with Crippen molar-refractivity contribution in [3.8, 4) is 0 Å². The number of carboxylic acid groups (broad SMARTS) is 1. The summed E-state index contributed by atoms with van der Waals surface area (Å²) in [4.78, 5) is 8.93. The van der Waals surface area contributed by atoms with Crippen LogP contribution in [-0.4, -0.2) is 29.5 Å². The summed E-state index contributed by atoms with van der Waals surface area (Å²) in [5, 5.41) is 7.42. The third-order valence-corrected chi connectivity index (χ3v) is 1.91. The van der Waals surface area contributed by atoms with E-state index in [0.29, 0.717) is 0 Å². The fourth-order valence-corrected chi connectivity index (χ4v) is 1.09. The van der Waals surface area contributed by atoms with Gasteiger partial charge in [-0.25, -0.2) is 0 Å². The standard InChI is InChI=1S/C6H6O3S.C2H4O2.H2O/c7-10(8,9)6-4-2-1-3-5-6;1-2(3)4;/h1-5H,(H,7,8,9);1H3,(H,3,4);1H2. The van der Waals surface area contributed by atoms with Crippen LogP contribution in [0.25, 0.3) is 0 Å². The van der Waals surface area contributed by atoms with E-state index in [1.807, 2.05) is 0 Å². The van der Waals surface area contributed by atoms with Gasteiger partial charge in [-0.1, -0.05) is 18.2 Å². The van der Waals surface area contributed by atoms with Crippen LogP contribution in [0.2, 0.25) is 0 Å². The third kappa shape index (κ3) is 8.88. The van der Waals surface area contributed by atoms with Gasteiger partial charge in [0, 0.05) is 6.92 Å². The zero-order valence-electron chi connectivity index (χ0n) is 7.91. The molecule has 0 saturated heterocycles. The number of hydrogen-bond acceptors (Lipinski definition) is 3. The fraction of sp³-hybridized carbons (Fsp3) is 0.125. The lowest BCUT2D eigenvalue weighted by atomic mass is 10.4. The minimum Gasteiger partial charge on any atom is -0.481 e. The Morgan fingerprint density at radius 3 is 1.73 bits per heavy atom. The normalized spacial score (nSPS) is 9.20. The van der Waals surface area contributed by atoms with Gasteiger partial charge in [-0.3, -0.25) is 9.35 Å². The van der Waals surface area contributed by atoms with Crippen LogP contribution < -0.4 is 0 Å². The number of carboxylic acids is 1. The van der Waals surface area contributed by atoms with Gasteiger partial charge in [-0.05, 0) is 12.1 Å². The van der Waals surface area contributed by atoms with Crippen molar-refractivity contribution in [1.82, 2.24) is 0 Å². The zero-order chi connectivity index (χ0) is 11.2. The Kier molecular flexibility index (Phi) is 7.40. The van der Waals surface area contributed by atoms with Crippen LogP contribution in [0.1, 0.15) is 6.92 Å². The summed E-state index contributed by atoms with van der Waals surface area (Å²) in [6, 6.07) is 7.42. The van der Waals surface area contributed by atoms with Gasteiger partial charge < -0.3 is 10.6 Å². The molecule has 86 valence electrons. The molecule has 0 aliphatic carbocycles. The van der Waals surface area contributed by atoms with Gasteiger partial charge in [0.1, 0.15) is 0 Å².